The van der Waals surface area contributed by atoms with Crippen molar-refractivity contribution in [1.29, 1.82) is 0 Å². The summed E-state index contributed by atoms with van der Waals surface area (Å²) in [6.07, 6.45) is 4.98. The lowest BCUT2D eigenvalue weighted by molar-refractivity contribution is -0.141. The van der Waals surface area contributed by atoms with Crippen molar-refractivity contribution in [3.8, 4) is 0 Å². The van der Waals surface area contributed by atoms with Crippen LogP contribution < -0.4 is 5.32 Å². The van der Waals surface area contributed by atoms with Crippen molar-refractivity contribution in [2.24, 2.45) is 0 Å². The number of unbranched alkanes of at least 4 members (excludes halogenated alkanes) is 3. The minimum Gasteiger partial charge on any atom is -0.480 e. The second kappa shape index (κ2) is 8.90. The number of aliphatic carboxylic acids is 1. The van der Waals surface area contributed by atoms with Crippen LogP contribution in [-0.4, -0.2) is 43.5 Å². The zero-order valence-corrected chi connectivity index (χ0v) is 12.3. The summed E-state index contributed by atoms with van der Waals surface area (Å²) in [6.45, 7) is 2.06. The summed E-state index contributed by atoms with van der Waals surface area (Å²) in [6, 6.07) is -1.13. The Morgan fingerprint density at radius 3 is 2.32 bits per heavy atom. The van der Waals surface area contributed by atoms with Gasteiger partial charge in [0.05, 0.1) is 5.75 Å². The van der Waals surface area contributed by atoms with Crippen molar-refractivity contribution in [3.05, 3.63) is 0 Å². The highest BCUT2D eigenvalue weighted by Crippen LogP contribution is 2.03. The fourth-order valence-electron chi connectivity index (χ4n) is 1.57. The molecule has 1 unspecified atom stereocenters. The van der Waals surface area contributed by atoms with Crippen LogP contribution in [0.5, 0.6) is 0 Å². The summed E-state index contributed by atoms with van der Waals surface area (Å²) in [7, 11) is -3.23. The smallest absolute Gasteiger partial charge is 0.326 e. The molecular weight excluding hydrogens is 270 g/mol. The van der Waals surface area contributed by atoms with E-state index in [1.165, 1.54) is 0 Å². The predicted molar refractivity (Wildman–Crippen MR) is 72.7 cm³/mol. The van der Waals surface area contributed by atoms with Gasteiger partial charge < -0.3 is 10.4 Å². The average Bonchev–Trinajstić information content (AvgIpc) is 2.28. The standard InChI is InChI=1S/C12H23NO5S/c1-3-4-5-6-7-11(14)13-10(12(15)16)8-9-19(2,17)18/h10H,3-9H2,1-2H3,(H,13,14)(H,15,16). The first-order chi connectivity index (χ1) is 8.76. The molecule has 19 heavy (non-hydrogen) atoms. The van der Waals surface area contributed by atoms with Crippen LogP contribution in [0.4, 0.5) is 0 Å². The maximum atomic E-state index is 11.5. The maximum Gasteiger partial charge on any atom is 0.326 e. The Balaban J connectivity index is 4.12. The van der Waals surface area contributed by atoms with Crippen LogP contribution in [0.25, 0.3) is 0 Å². The van der Waals surface area contributed by atoms with Crippen LogP contribution in [0.2, 0.25) is 0 Å². The van der Waals surface area contributed by atoms with E-state index in [0.29, 0.717) is 0 Å². The van der Waals surface area contributed by atoms with Gasteiger partial charge >= 0.3 is 5.97 Å². The lowest BCUT2D eigenvalue weighted by Gasteiger charge is -2.13. The minimum atomic E-state index is -3.23. The van der Waals surface area contributed by atoms with Gasteiger partial charge in [0.2, 0.25) is 5.91 Å². The third-order valence-electron chi connectivity index (χ3n) is 2.67. The highest BCUT2D eigenvalue weighted by Gasteiger charge is 2.21. The molecule has 0 aliphatic heterocycles. The summed E-state index contributed by atoms with van der Waals surface area (Å²) in [5.41, 5.74) is 0. The van der Waals surface area contributed by atoms with E-state index in [9.17, 15) is 18.0 Å². The summed E-state index contributed by atoms with van der Waals surface area (Å²) >= 11 is 0. The molecule has 0 aliphatic rings. The monoisotopic (exact) mass is 293 g/mol. The van der Waals surface area contributed by atoms with Crippen LogP contribution >= 0.6 is 0 Å². The second-order valence-electron chi connectivity index (χ2n) is 4.69. The molecule has 0 saturated carbocycles. The zero-order chi connectivity index (χ0) is 14.9. The minimum absolute atomic E-state index is 0.102. The van der Waals surface area contributed by atoms with Crippen molar-refractivity contribution < 1.29 is 23.1 Å². The second-order valence-corrected chi connectivity index (χ2v) is 6.95. The third kappa shape index (κ3) is 10.5. The van der Waals surface area contributed by atoms with E-state index in [1.54, 1.807) is 0 Å². The van der Waals surface area contributed by atoms with Gasteiger partial charge in [0.1, 0.15) is 15.9 Å². The van der Waals surface area contributed by atoms with E-state index < -0.39 is 21.8 Å². The quantitative estimate of drug-likeness (QED) is 0.584. The first-order valence-corrected chi connectivity index (χ1v) is 8.52. The molecule has 0 aromatic carbocycles. The van der Waals surface area contributed by atoms with E-state index in [1.807, 2.05) is 0 Å². The van der Waals surface area contributed by atoms with Gasteiger partial charge in [0.25, 0.3) is 0 Å². The molecule has 0 aromatic heterocycles. The number of hydrogen-bond donors (Lipinski definition) is 2. The Labute approximate surface area is 114 Å². The number of amides is 1. The Hall–Kier alpha value is -1.11. The van der Waals surface area contributed by atoms with Crippen LogP contribution in [0.3, 0.4) is 0 Å². The molecule has 0 aromatic rings. The van der Waals surface area contributed by atoms with Crippen LogP contribution in [0.15, 0.2) is 0 Å². The van der Waals surface area contributed by atoms with Gasteiger partial charge in [0, 0.05) is 12.7 Å². The van der Waals surface area contributed by atoms with Crippen LogP contribution in [-0.2, 0) is 19.4 Å². The highest BCUT2D eigenvalue weighted by molar-refractivity contribution is 7.90. The van der Waals surface area contributed by atoms with Gasteiger partial charge in [-0.3, -0.25) is 4.79 Å². The number of sulfone groups is 1. The van der Waals surface area contributed by atoms with Crippen molar-refractivity contribution in [1.82, 2.24) is 5.32 Å². The van der Waals surface area contributed by atoms with Crippen molar-refractivity contribution in [2.45, 2.75) is 51.5 Å². The molecule has 0 spiro atoms. The number of rotatable bonds is 10. The highest BCUT2D eigenvalue weighted by atomic mass is 32.2. The summed E-state index contributed by atoms with van der Waals surface area (Å²) < 4.78 is 22.0. The van der Waals surface area contributed by atoms with E-state index in [0.717, 1.165) is 31.9 Å². The molecular formula is C12H23NO5S. The normalized spacial score (nSPS) is 12.9. The van der Waals surface area contributed by atoms with Gasteiger partial charge in [-0.05, 0) is 12.8 Å². The van der Waals surface area contributed by atoms with Crippen molar-refractivity contribution in [3.63, 3.8) is 0 Å². The Morgan fingerprint density at radius 2 is 1.84 bits per heavy atom. The molecule has 7 heteroatoms. The van der Waals surface area contributed by atoms with Crippen molar-refractivity contribution >= 4 is 21.7 Å². The molecule has 6 nitrogen and oxygen atoms in total. The van der Waals surface area contributed by atoms with Crippen LogP contribution in [0, 0.1) is 0 Å². The number of carbonyl (C=O) groups is 2. The summed E-state index contributed by atoms with van der Waals surface area (Å²) in [4.78, 5) is 22.4. The van der Waals surface area contributed by atoms with Crippen LogP contribution in [0.1, 0.15) is 45.4 Å². The van der Waals surface area contributed by atoms with Crippen molar-refractivity contribution in [2.75, 3.05) is 12.0 Å². The van der Waals surface area contributed by atoms with E-state index >= 15 is 0 Å². The largest absolute Gasteiger partial charge is 0.480 e. The van der Waals surface area contributed by atoms with Gasteiger partial charge in [-0.25, -0.2) is 13.2 Å². The van der Waals surface area contributed by atoms with E-state index in [-0.39, 0.29) is 24.5 Å². The first-order valence-electron chi connectivity index (χ1n) is 6.46. The Kier molecular flexibility index (Phi) is 8.38. The number of carboxylic acids is 1. The lowest BCUT2D eigenvalue weighted by atomic mass is 10.1. The SMILES string of the molecule is CCCCCCC(=O)NC(CCS(C)(=O)=O)C(=O)O. The molecule has 0 fully saturated rings. The molecule has 0 saturated heterocycles. The summed E-state index contributed by atoms with van der Waals surface area (Å²) in [5.74, 6) is -1.79. The molecule has 0 bridgehead atoms. The molecule has 2 N–H and O–H groups in total. The first kappa shape index (κ1) is 17.9. The maximum absolute atomic E-state index is 11.5. The summed E-state index contributed by atoms with van der Waals surface area (Å²) in [5, 5.41) is 11.3. The van der Waals surface area contributed by atoms with Gasteiger partial charge in [0.15, 0.2) is 0 Å². The lowest BCUT2D eigenvalue weighted by Crippen LogP contribution is -2.41. The molecule has 0 rings (SSSR count). The fourth-order valence-corrected chi connectivity index (χ4v) is 2.23. The van der Waals surface area contributed by atoms with Gasteiger partial charge in [-0.2, -0.15) is 0 Å². The molecule has 1 atom stereocenters. The van der Waals surface area contributed by atoms with E-state index in [2.05, 4.69) is 12.2 Å². The molecule has 1 amide bonds. The number of carbonyl (C=O) groups excluding carboxylic acids is 1. The molecule has 0 radical (unpaired) electrons. The van der Waals surface area contributed by atoms with E-state index in [4.69, 9.17) is 5.11 Å². The number of carboxylic acid groups (broad SMARTS) is 1. The topological polar surface area (TPSA) is 101 Å². The molecule has 0 heterocycles. The Bertz CT molecular complexity index is 391. The number of hydrogen-bond acceptors (Lipinski definition) is 4. The Morgan fingerprint density at radius 1 is 1.21 bits per heavy atom. The predicted octanol–water partition coefficient (Wildman–Crippen LogP) is 0.961. The third-order valence-corrected chi connectivity index (χ3v) is 3.65. The fraction of sp³-hybridized carbons (Fsp3) is 0.833. The number of nitrogens with one attached hydrogen (secondary N) is 1. The average molecular weight is 293 g/mol. The van der Waals surface area contributed by atoms with Gasteiger partial charge in [-0.1, -0.05) is 26.2 Å². The molecule has 112 valence electrons. The van der Waals surface area contributed by atoms with Gasteiger partial charge in [-0.15, -0.1) is 0 Å². The molecule has 0 aliphatic carbocycles. The zero-order valence-electron chi connectivity index (χ0n) is 11.5.